The quantitative estimate of drug-likeness (QED) is 0.942. The van der Waals surface area contributed by atoms with Crippen molar-refractivity contribution in [2.75, 3.05) is 23.3 Å². The van der Waals surface area contributed by atoms with Crippen LogP contribution < -0.4 is 10.2 Å². The number of aromatic nitrogens is 1. The van der Waals surface area contributed by atoms with Crippen molar-refractivity contribution < 1.29 is 9.32 Å². The average Bonchev–Trinajstić information content (AvgIpc) is 2.96. The van der Waals surface area contributed by atoms with Crippen LogP contribution in [0.2, 0.25) is 0 Å². The van der Waals surface area contributed by atoms with Gasteiger partial charge in [0.15, 0.2) is 5.69 Å². The molecule has 1 N–H and O–H groups in total. The summed E-state index contributed by atoms with van der Waals surface area (Å²) < 4.78 is 4.83. The molecular weight excluding hydrogens is 278 g/mol. The summed E-state index contributed by atoms with van der Waals surface area (Å²) in [6.07, 6.45) is 5.24. The van der Waals surface area contributed by atoms with Gasteiger partial charge in [-0.3, -0.25) is 4.79 Å². The third-order valence-electron chi connectivity index (χ3n) is 4.21. The number of carbonyl (C=O) groups excluding carboxylic acids is 1. The molecule has 1 aromatic heterocycles. The van der Waals surface area contributed by atoms with E-state index in [1.54, 1.807) is 0 Å². The Morgan fingerprint density at radius 3 is 2.68 bits per heavy atom. The second-order valence-electron chi connectivity index (χ2n) is 5.80. The Bertz CT molecular complexity index is 672. The Hall–Kier alpha value is -2.30. The summed E-state index contributed by atoms with van der Waals surface area (Å²) in [7, 11) is 0. The molecule has 2 heterocycles. The largest absolute Gasteiger partial charge is 0.371 e. The van der Waals surface area contributed by atoms with Crippen LogP contribution in [0.3, 0.4) is 0 Å². The van der Waals surface area contributed by atoms with Gasteiger partial charge in [0.1, 0.15) is 6.26 Å². The van der Waals surface area contributed by atoms with Gasteiger partial charge in [0.25, 0.3) is 5.91 Å². The number of anilines is 2. The predicted octanol–water partition coefficient (Wildman–Crippen LogP) is 3.53. The molecule has 3 rings (SSSR count). The summed E-state index contributed by atoms with van der Waals surface area (Å²) in [6.45, 7) is 6.03. The van der Waals surface area contributed by atoms with Crippen LogP contribution in [-0.4, -0.2) is 24.2 Å². The number of benzene rings is 1. The molecule has 0 atom stereocenters. The van der Waals surface area contributed by atoms with Crippen molar-refractivity contribution >= 4 is 17.3 Å². The van der Waals surface area contributed by atoms with Crippen LogP contribution in [0.5, 0.6) is 0 Å². The smallest absolute Gasteiger partial charge is 0.278 e. The highest BCUT2D eigenvalue weighted by Gasteiger charge is 2.18. The van der Waals surface area contributed by atoms with Gasteiger partial charge in [-0.2, -0.15) is 0 Å². The maximum absolute atomic E-state index is 12.3. The van der Waals surface area contributed by atoms with E-state index < -0.39 is 0 Å². The lowest BCUT2D eigenvalue weighted by atomic mass is 10.1. The third-order valence-corrected chi connectivity index (χ3v) is 4.21. The minimum atomic E-state index is -0.231. The molecule has 5 nitrogen and oxygen atoms in total. The highest BCUT2D eigenvalue weighted by molar-refractivity contribution is 6.04. The van der Waals surface area contributed by atoms with Crippen molar-refractivity contribution in [1.29, 1.82) is 0 Å². The Morgan fingerprint density at radius 1 is 1.23 bits per heavy atom. The molecule has 1 fully saturated rings. The summed E-state index contributed by atoms with van der Waals surface area (Å²) in [6, 6.07) is 6.04. The van der Waals surface area contributed by atoms with E-state index in [9.17, 15) is 4.79 Å². The van der Waals surface area contributed by atoms with Crippen LogP contribution in [-0.2, 0) is 0 Å². The average molecular weight is 299 g/mol. The zero-order valence-electron chi connectivity index (χ0n) is 13.1. The Morgan fingerprint density at radius 2 is 2.00 bits per heavy atom. The molecule has 0 unspecified atom stereocenters. The minimum absolute atomic E-state index is 0.231. The lowest BCUT2D eigenvalue weighted by Gasteiger charge is -2.30. The lowest BCUT2D eigenvalue weighted by Crippen LogP contribution is -2.30. The molecule has 0 radical (unpaired) electrons. The van der Waals surface area contributed by atoms with Crippen LogP contribution >= 0.6 is 0 Å². The van der Waals surface area contributed by atoms with Crippen LogP contribution in [0.25, 0.3) is 0 Å². The van der Waals surface area contributed by atoms with Crippen LogP contribution in [0.4, 0.5) is 11.4 Å². The van der Waals surface area contributed by atoms with Crippen LogP contribution in [0, 0.1) is 13.8 Å². The SMILES string of the molecule is Cc1conc1C(=O)Nc1cccc(N2CCCCC2)c1C. The third kappa shape index (κ3) is 2.84. The molecular formula is C17H21N3O2. The van der Waals surface area contributed by atoms with E-state index in [1.165, 1.54) is 31.2 Å². The number of hydrogen-bond donors (Lipinski definition) is 1. The predicted molar refractivity (Wildman–Crippen MR) is 86.4 cm³/mol. The molecule has 0 aliphatic carbocycles. The normalized spacial score (nSPS) is 14.9. The number of carbonyl (C=O) groups is 1. The van der Waals surface area contributed by atoms with E-state index in [1.807, 2.05) is 19.1 Å². The Labute approximate surface area is 130 Å². The fourth-order valence-corrected chi connectivity index (χ4v) is 2.92. The first-order valence-electron chi connectivity index (χ1n) is 7.73. The molecule has 5 heteroatoms. The fourth-order valence-electron chi connectivity index (χ4n) is 2.92. The summed E-state index contributed by atoms with van der Waals surface area (Å²) in [5.41, 5.74) is 4.20. The van der Waals surface area contributed by atoms with Gasteiger partial charge in [0, 0.05) is 30.0 Å². The standard InChI is InChI=1S/C17H21N3O2/c1-12-11-22-19-16(12)17(21)18-14-7-6-8-15(13(14)2)20-9-4-3-5-10-20/h6-8,11H,3-5,9-10H2,1-2H3,(H,18,21). The number of piperidine rings is 1. The van der Waals surface area contributed by atoms with Gasteiger partial charge in [-0.15, -0.1) is 0 Å². The number of rotatable bonds is 3. The van der Waals surface area contributed by atoms with E-state index in [0.717, 1.165) is 29.9 Å². The Kier molecular flexibility index (Phi) is 4.13. The highest BCUT2D eigenvalue weighted by Crippen LogP contribution is 2.29. The van der Waals surface area contributed by atoms with Crippen LogP contribution in [0.15, 0.2) is 29.0 Å². The molecule has 0 bridgehead atoms. The molecule has 1 aliphatic rings. The van der Waals surface area contributed by atoms with Crippen molar-refractivity contribution in [3.63, 3.8) is 0 Å². The monoisotopic (exact) mass is 299 g/mol. The first-order valence-corrected chi connectivity index (χ1v) is 7.73. The number of amides is 1. The van der Waals surface area contributed by atoms with Crippen molar-refractivity contribution in [3.8, 4) is 0 Å². The summed E-state index contributed by atoms with van der Waals surface area (Å²) in [5, 5.41) is 6.70. The summed E-state index contributed by atoms with van der Waals surface area (Å²) in [5.74, 6) is -0.231. The maximum atomic E-state index is 12.3. The second-order valence-corrected chi connectivity index (χ2v) is 5.80. The zero-order valence-corrected chi connectivity index (χ0v) is 13.1. The first-order chi connectivity index (χ1) is 10.7. The topological polar surface area (TPSA) is 58.4 Å². The van der Waals surface area contributed by atoms with Crippen molar-refractivity contribution in [1.82, 2.24) is 5.16 Å². The minimum Gasteiger partial charge on any atom is -0.371 e. The first kappa shape index (κ1) is 14.6. The van der Waals surface area contributed by atoms with E-state index in [4.69, 9.17) is 4.52 Å². The van der Waals surface area contributed by atoms with Gasteiger partial charge in [-0.1, -0.05) is 11.2 Å². The van der Waals surface area contributed by atoms with Gasteiger partial charge in [0.05, 0.1) is 0 Å². The van der Waals surface area contributed by atoms with E-state index in [-0.39, 0.29) is 5.91 Å². The van der Waals surface area contributed by atoms with Gasteiger partial charge in [0.2, 0.25) is 0 Å². The molecule has 1 aliphatic heterocycles. The molecule has 22 heavy (non-hydrogen) atoms. The van der Waals surface area contributed by atoms with Gasteiger partial charge < -0.3 is 14.7 Å². The van der Waals surface area contributed by atoms with E-state index in [0.29, 0.717) is 5.69 Å². The zero-order chi connectivity index (χ0) is 15.5. The van der Waals surface area contributed by atoms with E-state index >= 15 is 0 Å². The van der Waals surface area contributed by atoms with E-state index in [2.05, 4.69) is 28.4 Å². The summed E-state index contributed by atoms with van der Waals surface area (Å²) >= 11 is 0. The molecule has 2 aromatic rings. The number of nitrogens with one attached hydrogen (secondary N) is 1. The van der Waals surface area contributed by atoms with Crippen LogP contribution in [0.1, 0.15) is 40.9 Å². The van der Waals surface area contributed by atoms with Crippen molar-refractivity contribution in [2.24, 2.45) is 0 Å². The van der Waals surface area contributed by atoms with Gasteiger partial charge in [-0.25, -0.2) is 0 Å². The molecule has 1 aromatic carbocycles. The molecule has 116 valence electrons. The number of nitrogens with zero attached hydrogens (tertiary/aromatic N) is 2. The molecule has 1 saturated heterocycles. The lowest BCUT2D eigenvalue weighted by molar-refractivity contribution is 0.101. The highest BCUT2D eigenvalue weighted by atomic mass is 16.5. The molecule has 1 amide bonds. The maximum Gasteiger partial charge on any atom is 0.278 e. The number of hydrogen-bond acceptors (Lipinski definition) is 4. The number of aryl methyl sites for hydroxylation is 1. The summed E-state index contributed by atoms with van der Waals surface area (Å²) in [4.78, 5) is 14.7. The second kappa shape index (κ2) is 6.22. The Balaban J connectivity index is 1.82. The molecule has 0 spiro atoms. The van der Waals surface area contributed by atoms with Gasteiger partial charge in [-0.05, 0) is 50.8 Å². The van der Waals surface area contributed by atoms with Crippen molar-refractivity contribution in [2.45, 2.75) is 33.1 Å². The molecule has 0 saturated carbocycles. The van der Waals surface area contributed by atoms with Gasteiger partial charge >= 0.3 is 0 Å². The fraction of sp³-hybridized carbons (Fsp3) is 0.412. The van der Waals surface area contributed by atoms with Crippen molar-refractivity contribution in [3.05, 3.63) is 41.3 Å².